The van der Waals surface area contributed by atoms with Crippen molar-refractivity contribution in [2.75, 3.05) is 0 Å². The van der Waals surface area contributed by atoms with Gasteiger partial charge in [0.2, 0.25) is 0 Å². The minimum atomic E-state index is 0.114. The van der Waals surface area contributed by atoms with Crippen molar-refractivity contribution in [3.8, 4) is 11.1 Å². The standard InChI is InChI=1S/C27H34.C6H14/c1-9-21-14-15-23(22-12-10-18(2)11-13-22)16-24(21)25-19(3)26(5,6)17-27(7,8)20(25)4;1-5-6(2,3)4/h10-16H,3,9,17H2,1-2,4-8H3;5H2,1-4H3. The van der Waals surface area contributed by atoms with E-state index in [1.165, 1.54) is 51.0 Å². The van der Waals surface area contributed by atoms with Crippen molar-refractivity contribution in [3.63, 3.8) is 0 Å². The lowest BCUT2D eigenvalue weighted by atomic mass is 9.59. The normalized spacial score (nSPS) is 17.5. The molecule has 0 radical (unpaired) electrons. The molecule has 0 aromatic heterocycles. The number of allylic oxidation sites excluding steroid dienone is 3. The Hall–Kier alpha value is -2.08. The molecule has 0 N–H and O–H groups in total. The Kier molecular flexibility index (Phi) is 8.27. The van der Waals surface area contributed by atoms with E-state index in [-0.39, 0.29) is 10.8 Å². The highest BCUT2D eigenvalue weighted by atomic mass is 14.4. The molecule has 0 unspecified atom stereocenters. The maximum Gasteiger partial charge on any atom is -0.00951 e. The molecule has 0 saturated carbocycles. The third-order valence-corrected chi connectivity index (χ3v) is 7.60. The van der Waals surface area contributed by atoms with E-state index in [1.54, 1.807) is 0 Å². The molecule has 180 valence electrons. The van der Waals surface area contributed by atoms with Gasteiger partial charge in [-0.2, -0.15) is 0 Å². The van der Waals surface area contributed by atoms with Crippen molar-refractivity contribution < 1.29 is 0 Å². The zero-order chi connectivity index (χ0) is 25.2. The lowest BCUT2D eigenvalue weighted by Crippen LogP contribution is -2.32. The molecule has 1 aliphatic carbocycles. The molecule has 0 fully saturated rings. The topological polar surface area (TPSA) is 0 Å². The Labute approximate surface area is 205 Å². The van der Waals surface area contributed by atoms with Crippen LogP contribution in [-0.4, -0.2) is 0 Å². The zero-order valence-corrected chi connectivity index (χ0v) is 23.4. The highest BCUT2D eigenvalue weighted by Crippen LogP contribution is 2.54. The molecule has 0 nitrogen and oxygen atoms in total. The van der Waals surface area contributed by atoms with Crippen LogP contribution in [0.15, 0.2) is 60.2 Å². The fourth-order valence-electron chi connectivity index (χ4n) is 4.65. The Morgan fingerprint density at radius 1 is 0.818 bits per heavy atom. The maximum absolute atomic E-state index is 4.57. The molecule has 0 amide bonds. The second-order valence-electron chi connectivity index (χ2n) is 12.4. The molecule has 2 aromatic carbocycles. The Morgan fingerprint density at radius 2 is 1.33 bits per heavy atom. The molecule has 3 rings (SSSR count). The van der Waals surface area contributed by atoms with Crippen LogP contribution in [0.2, 0.25) is 0 Å². The monoisotopic (exact) mass is 444 g/mol. The zero-order valence-electron chi connectivity index (χ0n) is 23.4. The summed E-state index contributed by atoms with van der Waals surface area (Å²) in [7, 11) is 0. The molecule has 0 atom stereocenters. The van der Waals surface area contributed by atoms with Crippen LogP contribution in [0.4, 0.5) is 0 Å². The summed E-state index contributed by atoms with van der Waals surface area (Å²) in [4.78, 5) is 0. The summed E-state index contributed by atoms with van der Waals surface area (Å²) in [6, 6.07) is 15.8. The van der Waals surface area contributed by atoms with Crippen molar-refractivity contribution in [1.82, 2.24) is 0 Å². The van der Waals surface area contributed by atoms with Crippen LogP contribution in [-0.2, 0) is 6.42 Å². The number of benzene rings is 2. The van der Waals surface area contributed by atoms with E-state index in [9.17, 15) is 0 Å². The number of hydrogen-bond acceptors (Lipinski definition) is 0. The lowest BCUT2D eigenvalue weighted by molar-refractivity contribution is 0.261. The van der Waals surface area contributed by atoms with Crippen molar-refractivity contribution in [2.45, 2.75) is 95.4 Å². The van der Waals surface area contributed by atoms with Gasteiger partial charge in [0.05, 0.1) is 0 Å². The highest BCUT2D eigenvalue weighted by Gasteiger charge is 2.40. The fourth-order valence-corrected chi connectivity index (χ4v) is 4.65. The molecule has 33 heavy (non-hydrogen) atoms. The molecule has 0 bridgehead atoms. The molecule has 0 heterocycles. The molecular formula is C33H48. The summed E-state index contributed by atoms with van der Waals surface area (Å²) in [5, 5.41) is 0. The van der Waals surface area contributed by atoms with Crippen LogP contribution in [0.1, 0.15) is 98.8 Å². The smallest absolute Gasteiger partial charge is 0.00951 e. The number of rotatable bonds is 3. The van der Waals surface area contributed by atoms with Gasteiger partial charge >= 0.3 is 0 Å². The maximum atomic E-state index is 4.57. The van der Waals surface area contributed by atoms with E-state index < -0.39 is 0 Å². The van der Waals surface area contributed by atoms with E-state index >= 15 is 0 Å². The molecule has 2 aromatic rings. The SMILES string of the molecule is C=C1C(c2cc(-c3ccc(C)cc3)ccc2CC)=C(C)C(C)(C)CC1(C)C.CCC(C)(C)C. The molecule has 0 aliphatic heterocycles. The average Bonchev–Trinajstić information content (AvgIpc) is 2.72. The van der Waals surface area contributed by atoms with E-state index in [1.807, 2.05) is 0 Å². The Bertz CT molecular complexity index is 1000. The van der Waals surface area contributed by atoms with Crippen molar-refractivity contribution >= 4 is 5.57 Å². The third kappa shape index (κ3) is 6.50. The van der Waals surface area contributed by atoms with Crippen LogP contribution in [0.3, 0.4) is 0 Å². The second kappa shape index (κ2) is 10.0. The quantitative estimate of drug-likeness (QED) is 0.441. The first-order valence-corrected chi connectivity index (χ1v) is 12.7. The lowest BCUT2D eigenvalue weighted by Gasteiger charge is -2.45. The number of hydrogen-bond donors (Lipinski definition) is 0. The van der Waals surface area contributed by atoms with Crippen LogP contribution < -0.4 is 0 Å². The minimum Gasteiger partial charge on any atom is -0.0947 e. The van der Waals surface area contributed by atoms with Crippen molar-refractivity contribution in [1.29, 1.82) is 0 Å². The first kappa shape index (κ1) is 27.2. The van der Waals surface area contributed by atoms with E-state index in [0.717, 1.165) is 12.8 Å². The Morgan fingerprint density at radius 3 is 1.82 bits per heavy atom. The molecule has 0 heteroatoms. The van der Waals surface area contributed by atoms with Crippen LogP contribution in [0, 0.1) is 23.2 Å². The van der Waals surface area contributed by atoms with Gasteiger partial charge in [-0.05, 0) is 82.4 Å². The van der Waals surface area contributed by atoms with Gasteiger partial charge in [0.1, 0.15) is 0 Å². The number of aryl methyl sites for hydroxylation is 2. The predicted octanol–water partition coefficient (Wildman–Crippen LogP) is 10.5. The summed E-state index contributed by atoms with van der Waals surface area (Å²) in [5.41, 5.74) is 11.6. The van der Waals surface area contributed by atoms with E-state index in [0.29, 0.717) is 5.41 Å². The first-order valence-electron chi connectivity index (χ1n) is 12.7. The predicted molar refractivity (Wildman–Crippen MR) is 150 cm³/mol. The van der Waals surface area contributed by atoms with Gasteiger partial charge in [0, 0.05) is 0 Å². The minimum absolute atomic E-state index is 0.114. The molecule has 0 spiro atoms. The summed E-state index contributed by atoms with van der Waals surface area (Å²) >= 11 is 0. The fraction of sp³-hybridized carbons (Fsp3) is 0.515. The average molecular weight is 445 g/mol. The highest BCUT2D eigenvalue weighted by molar-refractivity contribution is 5.87. The summed E-state index contributed by atoms with van der Waals surface area (Å²) in [6.45, 7) is 29.7. The Balaban J connectivity index is 0.000000569. The van der Waals surface area contributed by atoms with Gasteiger partial charge in [0.25, 0.3) is 0 Å². The summed E-state index contributed by atoms with van der Waals surface area (Å²) < 4.78 is 0. The molecule has 1 aliphatic rings. The first-order chi connectivity index (χ1) is 15.1. The van der Waals surface area contributed by atoms with Gasteiger partial charge in [-0.1, -0.05) is 123 Å². The summed E-state index contributed by atoms with van der Waals surface area (Å²) in [6.07, 6.45) is 3.45. The molecular weight excluding hydrogens is 396 g/mol. The van der Waals surface area contributed by atoms with Gasteiger partial charge in [-0.15, -0.1) is 0 Å². The van der Waals surface area contributed by atoms with Gasteiger partial charge in [-0.3, -0.25) is 0 Å². The van der Waals surface area contributed by atoms with Crippen LogP contribution in [0.5, 0.6) is 0 Å². The van der Waals surface area contributed by atoms with Gasteiger partial charge < -0.3 is 0 Å². The van der Waals surface area contributed by atoms with E-state index in [4.69, 9.17) is 0 Å². The van der Waals surface area contributed by atoms with Gasteiger partial charge in [0.15, 0.2) is 0 Å². The van der Waals surface area contributed by atoms with Crippen LogP contribution >= 0.6 is 0 Å². The van der Waals surface area contributed by atoms with Gasteiger partial charge in [-0.25, -0.2) is 0 Å². The largest absolute Gasteiger partial charge is 0.0947 e. The van der Waals surface area contributed by atoms with Crippen molar-refractivity contribution in [3.05, 3.63) is 76.9 Å². The third-order valence-electron chi connectivity index (χ3n) is 7.60. The van der Waals surface area contributed by atoms with Crippen LogP contribution in [0.25, 0.3) is 16.7 Å². The van der Waals surface area contributed by atoms with Crippen molar-refractivity contribution in [2.24, 2.45) is 16.2 Å². The summed E-state index contributed by atoms with van der Waals surface area (Å²) in [5.74, 6) is 0. The second-order valence-corrected chi connectivity index (χ2v) is 12.4. The molecule has 0 saturated heterocycles. The van der Waals surface area contributed by atoms with E-state index in [2.05, 4.69) is 125 Å².